The van der Waals surface area contributed by atoms with Crippen LogP contribution in [0.4, 0.5) is 0 Å². The lowest BCUT2D eigenvalue weighted by Crippen LogP contribution is -2.09. The highest BCUT2D eigenvalue weighted by Crippen LogP contribution is 2.37. The van der Waals surface area contributed by atoms with Crippen molar-refractivity contribution in [1.29, 1.82) is 0 Å². The third-order valence-corrected chi connectivity index (χ3v) is 4.84. The highest BCUT2D eigenvalue weighted by atomic mass is 32.2. The molecule has 0 radical (unpaired) electrons. The van der Waals surface area contributed by atoms with E-state index in [2.05, 4.69) is 0 Å². The Bertz CT molecular complexity index is 979. The van der Waals surface area contributed by atoms with E-state index in [1.165, 1.54) is 0 Å². The smallest absolute Gasteiger partial charge is 0.324 e. The number of fused-ring (bicyclic) bond motifs is 2. The predicted molar refractivity (Wildman–Crippen MR) is 92.5 cm³/mol. The average Bonchev–Trinajstić information content (AvgIpc) is 2.58. The molecule has 0 aliphatic heterocycles. The molecule has 3 aromatic carbocycles. The van der Waals surface area contributed by atoms with Crippen molar-refractivity contribution in [1.82, 2.24) is 0 Å². The lowest BCUT2D eigenvalue weighted by Gasteiger charge is -2.14. The van der Waals surface area contributed by atoms with Gasteiger partial charge in [0.15, 0.2) is 0 Å². The highest BCUT2D eigenvalue weighted by molar-refractivity contribution is 7.87. The summed E-state index contributed by atoms with van der Waals surface area (Å²) in [6, 6.07) is 14.5. The van der Waals surface area contributed by atoms with Gasteiger partial charge in [-0.05, 0) is 31.4 Å². The maximum atomic E-state index is 12.7. The molecular weight excluding hydrogens is 328 g/mol. The topological polar surface area (TPSA) is 61.8 Å². The zero-order chi connectivity index (χ0) is 17.2. The van der Waals surface area contributed by atoms with Gasteiger partial charge in [0.25, 0.3) is 0 Å². The SMILES string of the molecule is CCOOS(=O)(=O)c1c2ccccc2cc2c(OCC)cccc12. The molecule has 0 amide bonds. The number of rotatable bonds is 6. The van der Waals surface area contributed by atoms with Crippen LogP contribution in [-0.2, 0) is 19.3 Å². The summed E-state index contributed by atoms with van der Waals surface area (Å²) in [6.45, 7) is 4.16. The van der Waals surface area contributed by atoms with Crippen LogP contribution in [0.5, 0.6) is 5.75 Å². The maximum Gasteiger partial charge on any atom is 0.324 e. The fourth-order valence-electron chi connectivity index (χ4n) is 2.72. The van der Waals surface area contributed by atoms with Gasteiger partial charge in [-0.3, -0.25) is 0 Å². The minimum absolute atomic E-state index is 0.0885. The standard InChI is InChI=1S/C18H18O5S/c1-3-21-17-11-7-10-15-16(17)12-13-8-5-6-9-14(13)18(15)24(19,20)23-22-4-2/h5-12H,3-4H2,1-2H3. The van der Waals surface area contributed by atoms with E-state index in [4.69, 9.17) is 14.0 Å². The van der Waals surface area contributed by atoms with Gasteiger partial charge in [0.05, 0.1) is 13.2 Å². The van der Waals surface area contributed by atoms with Gasteiger partial charge in [-0.2, -0.15) is 8.42 Å². The fraction of sp³-hybridized carbons (Fsp3) is 0.222. The molecule has 0 aromatic heterocycles. The first-order valence-corrected chi connectivity index (χ1v) is 9.12. The number of benzene rings is 3. The molecule has 0 saturated carbocycles. The van der Waals surface area contributed by atoms with E-state index >= 15 is 0 Å². The number of hydrogen-bond acceptors (Lipinski definition) is 5. The monoisotopic (exact) mass is 346 g/mol. The van der Waals surface area contributed by atoms with Gasteiger partial charge in [-0.25, -0.2) is 4.89 Å². The molecule has 0 aliphatic carbocycles. The minimum Gasteiger partial charge on any atom is -0.493 e. The van der Waals surface area contributed by atoms with Crippen LogP contribution in [0.1, 0.15) is 13.8 Å². The quantitative estimate of drug-likeness (QED) is 0.383. The van der Waals surface area contributed by atoms with Crippen LogP contribution in [0.15, 0.2) is 53.4 Å². The largest absolute Gasteiger partial charge is 0.493 e. The van der Waals surface area contributed by atoms with Gasteiger partial charge in [0.1, 0.15) is 10.6 Å². The summed E-state index contributed by atoms with van der Waals surface area (Å²) >= 11 is 0. The van der Waals surface area contributed by atoms with E-state index in [1.54, 1.807) is 31.2 Å². The fourth-order valence-corrected chi connectivity index (χ4v) is 3.91. The Morgan fingerprint density at radius 3 is 2.38 bits per heavy atom. The molecule has 0 fully saturated rings. The third-order valence-electron chi connectivity index (χ3n) is 3.62. The van der Waals surface area contributed by atoms with Crippen molar-refractivity contribution in [3.05, 3.63) is 48.5 Å². The van der Waals surface area contributed by atoms with Crippen LogP contribution in [-0.4, -0.2) is 21.6 Å². The molecule has 0 saturated heterocycles. The first kappa shape index (κ1) is 16.7. The summed E-state index contributed by atoms with van der Waals surface area (Å²) < 4.78 is 35.8. The molecule has 126 valence electrons. The van der Waals surface area contributed by atoms with Crippen LogP contribution >= 0.6 is 0 Å². The molecular formula is C18H18O5S. The Morgan fingerprint density at radius 1 is 0.875 bits per heavy atom. The summed E-state index contributed by atoms with van der Waals surface area (Å²) in [5.74, 6) is 0.633. The zero-order valence-electron chi connectivity index (χ0n) is 13.5. The Labute approximate surface area is 140 Å². The molecule has 5 nitrogen and oxygen atoms in total. The van der Waals surface area contributed by atoms with Crippen LogP contribution in [0.25, 0.3) is 21.5 Å². The normalized spacial score (nSPS) is 11.9. The van der Waals surface area contributed by atoms with Crippen LogP contribution in [0, 0.1) is 0 Å². The molecule has 0 unspecified atom stereocenters. The van der Waals surface area contributed by atoms with Gasteiger partial charge < -0.3 is 4.74 Å². The van der Waals surface area contributed by atoms with Crippen molar-refractivity contribution in [3.63, 3.8) is 0 Å². The van der Waals surface area contributed by atoms with Gasteiger partial charge >= 0.3 is 10.1 Å². The Hall–Kier alpha value is -2.15. The molecule has 3 aromatic rings. The third kappa shape index (κ3) is 2.96. The molecule has 24 heavy (non-hydrogen) atoms. The van der Waals surface area contributed by atoms with E-state index in [1.807, 2.05) is 31.2 Å². The lowest BCUT2D eigenvalue weighted by atomic mass is 10.0. The Kier molecular flexibility index (Phi) is 4.71. The van der Waals surface area contributed by atoms with E-state index in [9.17, 15) is 8.42 Å². The number of ether oxygens (including phenoxy) is 1. The van der Waals surface area contributed by atoms with Crippen molar-refractivity contribution in [2.75, 3.05) is 13.2 Å². The van der Waals surface area contributed by atoms with Crippen molar-refractivity contribution < 1.29 is 22.4 Å². The predicted octanol–water partition coefficient (Wildman–Crippen LogP) is 4.05. The molecule has 6 heteroatoms. The highest BCUT2D eigenvalue weighted by Gasteiger charge is 2.24. The van der Waals surface area contributed by atoms with Crippen LogP contribution < -0.4 is 4.74 Å². The average molecular weight is 346 g/mol. The van der Waals surface area contributed by atoms with Crippen molar-refractivity contribution in [2.24, 2.45) is 0 Å². The first-order chi connectivity index (χ1) is 11.6. The molecule has 0 aliphatic rings. The maximum absolute atomic E-state index is 12.7. The Morgan fingerprint density at radius 2 is 1.62 bits per heavy atom. The lowest BCUT2D eigenvalue weighted by molar-refractivity contribution is -0.196. The molecule has 0 bridgehead atoms. The summed E-state index contributed by atoms with van der Waals surface area (Å²) in [6.07, 6.45) is 0. The summed E-state index contributed by atoms with van der Waals surface area (Å²) in [4.78, 5) is 4.80. The van der Waals surface area contributed by atoms with E-state index in [0.717, 1.165) is 10.8 Å². The summed E-state index contributed by atoms with van der Waals surface area (Å²) in [7, 11) is -4.09. The molecule has 0 atom stereocenters. The zero-order valence-corrected chi connectivity index (χ0v) is 14.3. The summed E-state index contributed by atoms with van der Waals surface area (Å²) in [5, 5.41) is 2.63. The van der Waals surface area contributed by atoms with E-state index in [-0.39, 0.29) is 11.5 Å². The van der Waals surface area contributed by atoms with Gasteiger partial charge in [-0.1, -0.05) is 36.4 Å². The van der Waals surface area contributed by atoms with Crippen LogP contribution in [0.3, 0.4) is 0 Å². The van der Waals surface area contributed by atoms with Crippen molar-refractivity contribution >= 4 is 31.7 Å². The second-order valence-electron chi connectivity index (χ2n) is 5.14. The second kappa shape index (κ2) is 6.76. The van der Waals surface area contributed by atoms with Crippen LogP contribution in [0.2, 0.25) is 0 Å². The molecule has 0 spiro atoms. The van der Waals surface area contributed by atoms with Crippen molar-refractivity contribution in [2.45, 2.75) is 18.7 Å². The van der Waals surface area contributed by atoms with Gasteiger partial charge in [0, 0.05) is 16.2 Å². The number of hydrogen-bond donors (Lipinski definition) is 0. The first-order valence-electron chi connectivity index (χ1n) is 7.72. The van der Waals surface area contributed by atoms with Gasteiger partial charge in [-0.15, -0.1) is 4.33 Å². The van der Waals surface area contributed by atoms with Crippen molar-refractivity contribution in [3.8, 4) is 5.75 Å². The molecule has 3 rings (SSSR count). The van der Waals surface area contributed by atoms with Gasteiger partial charge in [0.2, 0.25) is 0 Å². The summed E-state index contributed by atoms with van der Waals surface area (Å²) in [5.41, 5.74) is 0. The molecule has 0 N–H and O–H groups in total. The second-order valence-corrected chi connectivity index (χ2v) is 6.59. The Balaban J connectivity index is 2.41. The van der Waals surface area contributed by atoms with E-state index in [0.29, 0.717) is 23.1 Å². The van der Waals surface area contributed by atoms with E-state index < -0.39 is 10.1 Å². The molecule has 0 heterocycles. The minimum atomic E-state index is -4.09.